The van der Waals surface area contributed by atoms with E-state index in [4.69, 9.17) is 0 Å². The third-order valence-corrected chi connectivity index (χ3v) is 1.72. The van der Waals surface area contributed by atoms with Crippen molar-refractivity contribution in [1.82, 2.24) is 0 Å². The van der Waals surface area contributed by atoms with Crippen molar-refractivity contribution >= 4 is 11.8 Å². The van der Waals surface area contributed by atoms with Crippen LogP contribution in [0.2, 0.25) is 0 Å². The zero-order chi connectivity index (χ0) is 5.11. The largest absolute Gasteiger partial charge is 2.00 e. The Morgan fingerprint density at radius 3 is 2.56 bits per heavy atom. The Kier molecular flexibility index (Phi) is 9.86. The average molecular weight is 256 g/mol. The molecule has 1 heterocycles. The number of allylic oxidation sites excluding steroid dienone is 2. The van der Waals surface area contributed by atoms with Crippen LogP contribution in [0.15, 0.2) is 17.7 Å². The summed E-state index contributed by atoms with van der Waals surface area (Å²) < 4.78 is 0. The van der Waals surface area contributed by atoms with E-state index in [2.05, 4.69) is 18.4 Å². The fraction of sp³-hybridized carbons (Fsp3) is 0.333. The molecule has 46 valence electrons. The van der Waals surface area contributed by atoms with Crippen molar-refractivity contribution in [3.63, 3.8) is 0 Å². The summed E-state index contributed by atoms with van der Waals surface area (Å²) >= 11 is 1.73. The van der Waals surface area contributed by atoms with Crippen molar-refractivity contribution in [3.8, 4) is 0 Å². The quantitative estimate of drug-likeness (QED) is 0.396. The molecule has 0 aromatic heterocycles. The van der Waals surface area contributed by atoms with Crippen molar-refractivity contribution in [1.29, 1.82) is 0 Å². The molecule has 0 fully saturated rings. The van der Waals surface area contributed by atoms with E-state index in [9.17, 15) is 0 Å². The summed E-state index contributed by atoms with van der Waals surface area (Å²) in [6, 6.07) is 0. The molecule has 9 heavy (non-hydrogen) atoms. The molecule has 0 saturated heterocycles. The van der Waals surface area contributed by atoms with Gasteiger partial charge in [-0.05, 0) is 5.75 Å². The maximum absolute atomic E-state index is 3.03. The fourth-order valence-electron chi connectivity index (χ4n) is 0.428. The predicted octanol–water partition coefficient (Wildman–Crippen LogP) is -1.00. The van der Waals surface area contributed by atoms with Crippen molar-refractivity contribution < 1.29 is 36.5 Å². The summed E-state index contributed by atoms with van der Waals surface area (Å²) in [7, 11) is 0. The Hall–Kier alpha value is 0.933. The van der Waals surface area contributed by atoms with Gasteiger partial charge in [-0.25, -0.2) is 29.3 Å². The molecular formula is C6H7BrSZn. The Labute approximate surface area is 83.7 Å². The summed E-state index contributed by atoms with van der Waals surface area (Å²) in [5.74, 6) is 1.12. The zero-order valence-corrected chi connectivity index (χ0v) is 10.7. The minimum absolute atomic E-state index is 0. The predicted molar refractivity (Wildman–Crippen MR) is 34.0 cm³/mol. The van der Waals surface area contributed by atoms with Gasteiger partial charge in [0.2, 0.25) is 0 Å². The van der Waals surface area contributed by atoms with Crippen LogP contribution in [0.25, 0.3) is 0 Å². The van der Waals surface area contributed by atoms with Gasteiger partial charge >= 0.3 is 19.5 Å². The van der Waals surface area contributed by atoms with Gasteiger partial charge in [0.05, 0.1) is 0 Å². The van der Waals surface area contributed by atoms with Crippen LogP contribution in [-0.2, 0) is 19.5 Å². The van der Waals surface area contributed by atoms with E-state index in [1.165, 1.54) is 5.57 Å². The molecule has 0 spiro atoms. The first-order valence-corrected chi connectivity index (χ1v) is 3.24. The number of hydrogen-bond acceptors (Lipinski definition) is 1. The normalized spacial score (nSPS) is 15.0. The van der Waals surface area contributed by atoms with Crippen LogP contribution in [-0.4, -0.2) is 5.75 Å². The van der Waals surface area contributed by atoms with Crippen LogP contribution in [0.4, 0.5) is 0 Å². The summed E-state index contributed by atoms with van der Waals surface area (Å²) in [6.07, 6.45) is 4.06. The van der Waals surface area contributed by atoms with Crippen LogP contribution in [0.1, 0.15) is 6.92 Å². The molecule has 0 nitrogen and oxygen atoms in total. The Morgan fingerprint density at radius 2 is 2.33 bits per heavy atom. The zero-order valence-electron chi connectivity index (χ0n) is 5.36. The van der Waals surface area contributed by atoms with Crippen molar-refractivity contribution in [2.45, 2.75) is 6.92 Å². The Morgan fingerprint density at radius 1 is 1.67 bits per heavy atom. The van der Waals surface area contributed by atoms with E-state index in [0.717, 1.165) is 5.75 Å². The first-order chi connectivity index (χ1) is 3.39. The monoisotopic (exact) mass is 254 g/mol. The van der Waals surface area contributed by atoms with E-state index >= 15 is 0 Å². The van der Waals surface area contributed by atoms with Crippen LogP contribution in [0, 0.1) is 5.41 Å². The second-order valence-electron chi connectivity index (χ2n) is 1.59. The maximum atomic E-state index is 3.03. The Bertz CT molecular complexity index is 120. The van der Waals surface area contributed by atoms with Gasteiger partial charge < -0.3 is 17.0 Å². The number of hydrogen-bond donors (Lipinski definition) is 0. The molecule has 1 aliphatic rings. The molecule has 0 amide bonds. The van der Waals surface area contributed by atoms with Gasteiger partial charge in [-0.15, -0.1) is 5.57 Å². The summed E-state index contributed by atoms with van der Waals surface area (Å²) in [5.41, 5.74) is 1.43. The van der Waals surface area contributed by atoms with E-state index in [1.807, 2.05) is 6.08 Å². The van der Waals surface area contributed by atoms with Gasteiger partial charge in [0.15, 0.2) is 0 Å². The Balaban J connectivity index is 0. The fourth-order valence-corrected chi connectivity index (χ4v) is 1.000. The molecule has 0 unspecified atom stereocenters. The van der Waals surface area contributed by atoms with Gasteiger partial charge in [-0.1, -0.05) is 6.92 Å². The maximum Gasteiger partial charge on any atom is 2.00 e. The molecule has 3 heteroatoms. The van der Waals surface area contributed by atoms with Gasteiger partial charge in [0.1, 0.15) is 0 Å². The smallest absolute Gasteiger partial charge is 1.00 e. The standard InChI is InChI=1S/C6H7S.BrH.Zn/c1-6-3-2-4-7-5-6;;/h2-3H,5H2,1H3;1H;/q-1;;+2/p-1. The van der Waals surface area contributed by atoms with Gasteiger partial charge in [0.25, 0.3) is 0 Å². The molecule has 0 aromatic rings. The molecular weight excluding hydrogens is 249 g/mol. The third kappa shape index (κ3) is 5.38. The second kappa shape index (κ2) is 7.05. The minimum Gasteiger partial charge on any atom is -1.00 e. The van der Waals surface area contributed by atoms with Crippen molar-refractivity contribution in [2.75, 3.05) is 5.75 Å². The van der Waals surface area contributed by atoms with Crippen LogP contribution in [0.5, 0.6) is 0 Å². The molecule has 0 radical (unpaired) electrons. The number of thioether (sulfide) groups is 1. The van der Waals surface area contributed by atoms with Gasteiger partial charge in [-0.2, -0.15) is 0 Å². The van der Waals surface area contributed by atoms with Crippen LogP contribution >= 0.6 is 11.8 Å². The average Bonchev–Trinajstić information content (AvgIpc) is 1.69. The van der Waals surface area contributed by atoms with Crippen LogP contribution in [0.3, 0.4) is 0 Å². The molecule has 0 bridgehead atoms. The van der Waals surface area contributed by atoms with Gasteiger partial charge in [0, 0.05) is 0 Å². The third-order valence-electron chi connectivity index (χ3n) is 0.819. The molecule has 1 rings (SSSR count). The topological polar surface area (TPSA) is 0 Å². The SMILES string of the molecule is CC1=CC=[C-]SC1.[Br-].[Zn+2]. The van der Waals surface area contributed by atoms with E-state index < -0.39 is 0 Å². The molecule has 0 atom stereocenters. The molecule has 1 aliphatic heterocycles. The van der Waals surface area contributed by atoms with E-state index in [0.29, 0.717) is 0 Å². The van der Waals surface area contributed by atoms with E-state index in [1.54, 1.807) is 11.8 Å². The number of halogens is 1. The minimum atomic E-state index is 0. The molecule has 0 saturated carbocycles. The molecule has 0 N–H and O–H groups in total. The van der Waals surface area contributed by atoms with Crippen molar-refractivity contribution in [3.05, 3.63) is 23.1 Å². The summed E-state index contributed by atoms with van der Waals surface area (Å²) in [4.78, 5) is 0. The summed E-state index contributed by atoms with van der Waals surface area (Å²) in [6.45, 7) is 2.13. The summed E-state index contributed by atoms with van der Waals surface area (Å²) in [5, 5.41) is 3.03. The van der Waals surface area contributed by atoms with E-state index in [-0.39, 0.29) is 36.5 Å². The van der Waals surface area contributed by atoms with Crippen LogP contribution < -0.4 is 17.0 Å². The first kappa shape index (κ1) is 12.6. The number of rotatable bonds is 0. The van der Waals surface area contributed by atoms with Crippen molar-refractivity contribution in [2.24, 2.45) is 0 Å². The first-order valence-electron chi connectivity index (χ1n) is 2.26. The van der Waals surface area contributed by atoms with Gasteiger partial charge in [-0.3, -0.25) is 0 Å². The molecule has 0 aromatic carbocycles. The second-order valence-corrected chi connectivity index (χ2v) is 2.40. The molecule has 0 aliphatic carbocycles.